The first-order valence-corrected chi connectivity index (χ1v) is 19.1. The van der Waals surface area contributed by atoms with Crippen molar-refractivity contribution in [2.45, 2.75) is 31.4 Å². The summed E-state index contributed by atoms with van der Waals surface area (Å²) in [5.41, 5.74) is 4.16. The van der Waals surface area contributed by atoms with Crippen molar-refractivity contribution in [2.75, 3.05) is 11.4 Å². The molecule has 7 nitrogen and oxygen atoms in total. The molecule has 0 radical (unpaired) electrons. The van der Waals surface area contributed by atoms with Crippen LogP contribution in [0, 0.1) is 6.92 Å². The van der Waals surface area contributed by atoms with Crippen molar-refractivity contribution in [1.82, 2.24) is 19.9 Å². The molecule has 278 valence electrons. The highest BCUT2D eigenvalue weighted by molar-refractivity contribution is 7.17. The Morgan fingerprint density at radius 1 is 0.804 bits per heavy atom. The van der Waals surface area contributed by atoms with Gasteiger partial charge in [-0.05, 0) is 29.7 Å². The maximum absolute atomic E-state index is 16.1. The van der Waals surface area contributed by atoms with Crippen molar-refractivity contribution in [3.05, 3.63) is 203 Å². The van der Waals surface area contributed by atoms with Crippen molar-refractivity contribution in [1.29, 1.82) is 0 Å². The largest absolute Gasteiger partial charge is 0.347 e. The number of halogens is 2. The summed E-state index contributed by atoms with van der Waals surface area (Å²) in [6.07, 6.45) is 3.91. The Labute approximate surface area is 327 Å². The fraction of sp³-hybridized carbons (Fsp3) is 0.130. The average molecular weight is 762 g/mol. The van der Waals surface area contributed by atoms with E-state index in [1.807, 2.05) is 95.7 Å². The number of aromatic nitrogens is 3. The standard InChI is InChI=1S/C46H37F2N5O2S/c1-32-42(56-43(51-32)33-16-6-2-7-17-33)44(55)53-27-26-45(47,48)39(38-24-14-15-25-40(38)53)28-41(54)49-29-37-30-52(31-50-37)46(34-18-8-3-9-19-34,35-20-10-4-11-21-35)36-22-12-5-13-23-36/h2-25,28,30-31H,26-27,29H2,1H3,(H,49,54)/b39-28-. The highest BCUT2D eigenvalue weighted by atomic mass is 32.1. The number of hydrogen-bond donors (Lipinski definition) is 1. The van der Waals surface area contributed by atoms with Gasteiger partial charge < -0.3 is 14.8 Å². The Bertz CT molecular complexity index is 2420. The summed E-state index contributed by atoms with van der Waals surface area (Å²) in [4.78, 5) is 38.7. The number of alkyl halides is 2. The van der Waals surface area contributed by atoms with Crippen LogP contribution in [-0.4, -0.2) is 38.8 Å². The zero-order valence-electron chi connectivity index (χ0n) is 30.5. The Kier molecular flexibility index (Phi) is 9.97. The van der Waals surface area contributed by atoms with Gasteiger partial charge in [0, 0.05) is 41.9 Å². The number of fused-ring (bicyclic) bond motifs is 1. The number of carbonyl (C=O) groups excluding carboxylic acids is 2. The Balaban J connectivity index is 1.08. The second-order valence-electron chi connectivity index (χ2n) is 13.6. The average Bonchev–Trinajstić information content (AvgIpc) is 3.86. The van der Waals surface area contributed by atoms with Gasteiger partial charge in [-0.2, -0.15) is 0 Å². The summed E-state index contributed by atoms with van der Waals surface area (Å²) in [6, 6.07) is 46.4. The predicted molar refractivity (Wildman–Crippen MR) is 217 cm³/mol. The second kappa shape index (κ2) is 15.3. The van der Waals surface area contributed by atoms with Crippen molar-refractivity contribution in [2.24, 2.45) is 0 Å². The third kappa shape index (κ3) is 6.84. The number of aryl methyl sites for hydroxylation is 1. The molecule has 0 spiro atoms. The molecule has 0 unspecified atom stereocenters. The fourth-order valence-corrected chi connectivity index (χ4v) is 8.46. The van der Waals surface area contributed by atoms with E-state index in [-0.39, 0.29) is 18.7 Å². The van der Waals surface area contributed by atoms with Gasteiger partial charge >= 0.3 is 0 Å². The van der Waals surface area contributed by atoms with Crippen LogP contribution < -0.4 is 10.2 Å². The Morgan fingerprint density at radius 2 is 1.36 bits per heavy atom. The molecular weight excluding hydrogens is 725 g/mol. The highest BCUT2D eigenvalue weighted by Gasteiger charge is 2.42. The molecule has 2 aromatic heterocycles. The third-order valence-electron chi connectivity index (χ3n) is 10.1. The van der Waals surface area contributed by atoms with Crippen LogP contribution in [0.15, 0.2) is 164 Å². The van der Waals surface area contributed by atoms with E-state index in [0.717, 1.165) is 28.3 Å². The lowest BCUT2D eigenvalue weighted by atomic mass is 9.77. The molecule has 0 saturated heterocycles. The molecule has 0 atom stereocenters. The van der Waals surface area contributed by atoms with E-state index >= 15 is 8.78 Å². The molecular formula is C46H37F2N5O2S. The molecule has 10 heteroatoms. The fourth-order valence-electron chi connectivity index (χ4n) is 7.44. The summed E-state index contributed by atoms with van der Waals surface area (Å²) >= 11 is 1.23. The smallest absolute Gasteiger partial charge is 0.275 e. The molecule has 0 aliphatic carbocycles. The van der Waals surface area contributed by atoms with Gasteiger partial charge in [0.25, 0.3) is 11.8 Å². The first-order valence-electron chi connectivity index (χ1n) is 18.3. The van der Waals surface area contributed by atoms with E-state index in [9.17, 15) is 9.59 Å². The lowest BCUT2D eigenvalue weighted by Gasteiger charge is -2.37. The second-order valence-corrected chi connectivity index (χ2v) is 14.6. The maximum atomic E-state index is 16.1. The van der Waals surface area contributed by atoms with Gasteiger partial charge in [0.05, 0.1) is 29.9 Å². The van der Waals surface area contributed by atoms with Crippen molar-refractivity contribution >= 4 is 34.4 Å². The predicted octanol–water partition coefficient (Wildman–Crippen LogP) is 9.54. The number of amides is 2. The molecule has 0 fully saturated rings. The van der Waals surface area contributed by atoms with Gasteiger partial charge in [0.15, 0.2) is 0 Å². The normalized spacial score (nSPS) is 14.6. The van der Waals surface area contributed by atoms with Crippen molar-refractivity contribution in [3.63, 3.8) is 0 Å². The van der Waals surface area contributed by atoms with Crippen LogP contribution in [0.25, 0.3) is 16.1 Å². The number of nitrogens with one attached hydrogen (secondary N) is 1. The Hall–Kier alpha value is -6.52. The molecule has 2 amide bonds. The number of nitrogens with zero attached hydrogens (tertiary/aromatic N) is 4. The quantitative estimate of drug-likeness (QED) is 0.117. The number of benzene rings is 5. The zero-order valence-corrected chi connectivity index (χ0v) is 31.3. The van der Waals surface area contributed by atoms with Crippen LogP contribution >= 0.6 is 11.3 Å². The number of para-hydroxylation sites is 1. The van der Waals surface area contributed by atoms with Crippen LogP contribution in [0.3, 0.4) is 0 Å². The van der Waals surface area contributed by atoms with Crippen molar-refractivity contribution in [3.8, 4) is 10.6 Å². The van der Waals surface area contributed by atoms with Gasteiger partial charge in [-0.1, -0.05) is 140 Å². The van der Waals surface area contributed by atoms with E-state index in [1.54, 1.807) is 31.5 Å². The molecule has 8 rings (SSSR count). The van der Waals surface area contributed by atoms with Crippen LogP contribution in [0.2, 0.25) is 0 Å². The molecule has 0 saturated carbocycles. The number of hydrogen-bond acceptors (Lipinski definition) is 5. The maximum Gasteiger partial charge on any atom is 0.275 e. The molecule has 7 aromatic rings. The Morgan fingerprint density at radius 3 is 1.96 bits per heavy atom. The number of allylic oxidation sites excluding steroid dienone is 1. The molecule has 5 aromatic carbocycles. The number of carbonyl (C=O) groups is 2. The third-order valence-corrected chi connectivity index (χ3v) is 11.3. The summed E-state index contributed by atoms with van der Waals surface area (Å²) in [5.74, 6) is -4.51. The minimum Gasteiger partial charge on any atom is -0.347 e. The summed E-state index contributed by atoms with van der Waals surface area (Å²) in [6.45, 7) is 1.50. The van der Waals surface area contributed by atoms with E-state index in [2.05, 4.69) is 51.7 Å². The molecule has 56 heavy (non-hydrogen) atoms. The lowest BCUT2D eigenvalue weighted by Crippen LogP contribution is -2.37. The minimum absolute atomic E-state index is 0.00368. The molecule has 1 N–H and O–H groups in total. The summed E-state index contributed by atoms with van der Waals surface area (Å²) in [7, 11) is 0. The van der Waals surface area contributed by atoms with E-state index in [4.69, 9.17) is 0 Å². The molecule has 3 heterocycles. The molecule has 0 bridgehead atoms. The topological polar surface area (TPSA) is 80.1 Å². The van der Waals surface area contributed by atoms with Gasteiger partial charge in [-0.3, -0.25) is 9.59 Å². The van der Waals surface area contributed by atoms with Crippen LogP contribution in [0.5, 0.6) is 0 Å². The van der Waals surface area contributed by atoms with Gasteiger partial charge in [-0.15, -0.1) is 11.3 Å². The lowest BCUT2D eigenvalue weighted by molar-refractivity contribution is -0.116. The van der Waals surface area contributed by atoms with Crippen molar-refractivity contribution < 1.29 is 18.4 Å². The van der Waals surface area contributed by atoms with Crippen LogP contribution in [-0.2, 0) is 16.9 Å². The SMILES string of the molecule is Cc1nc(-c2ccccc2)sc1C(=O)N1CCC(F)(F)/C(=C\C(=O)NCc2cn(C(c3ccccc3)(c3ccccc3)c3ccccc3)cn2)c2ccccc21. The summed E-state index contributed by atoms with van der Waals surface area (Å²) < 4.78 is 34.2. The number of imidazole rings is 1. The number of thiazole rings is 1. The number of rotatable bonds is 9. The molecule has 1 aliphatic rings. The van der Waals surface area contributed by atoms with E-state index in [0.29, 0.717) is 27.0 Å². The van der Waals surface area contributed by atoms with Gasteiger partial charge in [-0.25, -0.2) is 18.7 Å². The van der Waals surface area contributed by atoms with Crippen LogP contribution in [0.1, 0.15) is 49.7 Å². The van der Waals surface area contributed by atoms with E-state index < -0.39 is 35.3 Å². The number of anilines is 1. The summed E-state index contributed by atoms with van der Waals surface area (Å²) in [5, 5.41) is 3.47. The van der Waals surface area contributed by atoms with E-state index in [1.165, 1.54) is 22.3 Å². The highest BCUT2D eigenvalue weighted by Crippen LogP contribution is 2.44. The monoisotopic (exact) mass is 761 g/mol. The zero-order chi connectivity index (χ0) is 38.7. The molecule has 1 aliphatic heterocycles. The first-order chi connectivity index (χ1) is 27.3. The van der Waals surface area contributed by atoms with Gasteiger partial charge in [0.1, 0.15) is 15.4 Å². The first kappa shape index (κ1) is 36.5. The van der Waals surface area contributed by atoms with Crippen LogP contribution in [0.4, 0.5) is 14.5 Å². The van der Waals surface area contributed by atoms with Gasteiger partial charge in [0.2, 0.25) is 5.91 Å². The minimum atomic E-state index is -3.40.